The molecule has 0 amide bonds. The van der Waals surface area contributed by atoms with Gasteiger partial charge >= 0.3 is 5.97 Å². The number of nitrogens with one attached hydrogen (secondary N) is 1. The first-order valence-corrected chi connectivity index (χ1v) is 7.28. The molecule has 1 saturated carbocycles. The van der Waals surface area contributed by atoms with Crippen molar-refractivity contribution in [3.8, 4) is 11.1 Å². The lowest BCUT2D eigenvalue weighted by molar-refractivity contribution is -0.142. The van der Waals surface area contributed by atoms with E-state index in [0.717, 1.165) is 18.5 Å². The van der Waals surface area contributed by atoms with Crippen LogP contribution in [0.1, 0.15) is 12.8 Å². The van der Waals surface area contributed by atoms with Crippen LogP contribution in [0.25, 0.3) is 11.1 Å². The topological polar surface area (TPSA) is 38.3 Å². The Hall–Kier alpha value is -2.29. The minimum Gasteiger partial charge on any atom is -0.467 e. The second-order valence-electron chi connectivity index (χ2n) is 5.43. The van der Waals surface area contributed by atoms with E-state index in [1.165, 1.54) is 18.2 Å². The molecule has 1 fully saturated rings. The average molecular weight is 281 g/mol. The number of hydrogen-bond donors (Lipinski definition) is 1. The highest BCUT2D eigenvalue weighted by Crippen LogP contribution is 2.35. The van der Waals surface area contributed by atoms with Crippen LogP contribution >= 0.6 is 0 Å². The third kappa shape index (κ3) is 3.24. The smallest absolute Gasteiger partial charge is 0.328 e. The van der Waals surface area contributed by atoms with Gasteiger partial charge in [-0.2, -0.15) is 0 Å². The zero-order valence-electron chi connectivity index (χ0n) is 12.1. The lowest BCUT2D eigenvalue weighted by atomic mass is 10.1. The average Bonchev–Trinajstić information content (AvgIpc) is 3.38. The summed E-state index contributed by atoms with van der Waals surface area (Å²) in [6, 6.07) is 18.2. The van der Waals surface area contributed by atoms with Crippen LogP contribution in [0.15, 0.2) is 54.6 Å². The molecule has 0 radical (unpaired) electrons. The van der Waals surface area contributed by atoms with Gasteiger partial charge in [0.1, 0.15) is 6.04 Å². The van der Waals surface area contributed by atoms with E-state index in [9.17, 15) is 4.79 Å². The molecule has 0 aromatic heterocycles. The lowest BCUT2D eigenvalue weighted by Gasteiger charge is -2.17. The summed E-state index contributed by atoms with van der Waals surface area (Å²) in [5.41, 5.74) is 3.31. The molecule has 1 unspecified atom stereocenters. The van der Waals surface area contributed by atoms with Gasteiger partial charge in [0, 0.05) is 5.69 Å². The summed E-state index contributed by atoms with van der Waals surface area (Å²) in [6.07, 6.45) is 2.18. The third-order valence-electron chi connectivity index (χ3n) is 3.86. The Morgan fingerprint density at radius 3 is 2.24 bits per heavy atom. The first-order chi connectivity index (χ1) is 10.3. The minimum atomic E-state index is -0.224. The molecule has 108 valence electrons. The summed E-state index contributed by atoms with van der Waals surface area (Å²) in [5, 5.41) is 3.30. The monoisotopic (exact) mass is 281 g/mol. The minimum absolute atomic E-state index is 0.176. The van der Waals surface area contributed by atoms with Gasteiger partial charge in [-0.05, 0) is 42.0 Å². The highest BCUT2D eigenvalue weighted by atomic mass is 16.5. The number of rotatable bonds is 5. The second kappa shape index (κ2) is 6.00. The van der Waals surface area contributed by atoms with E-state index in [-0.39, 0.29) is 12.0 Å². The summed E-state index contributed by atoms with van der Waals surface area (Å²) < 4.78 is 4.88. The Morgan fingerprint density at radius 1 is 1.05 bits per heavy atom. The molecule has 0 spiro atoms. The molecular formula is C18H19NO2. The van der Waals surface area contributed by atoms with Crippen molar-refractivity contribution in [3.05, 3.63) is 54.6 Å². The van der Waals surface area contributed by atoms with Gasteiger partial charge in [0.15, 0.2) is 0 Å². The molecule has 2 aromatic rings. The Balaban J connectivity index is 1.73. The van der Waals surface area contributed by atoms with E-state index in [0.29, 0.717) is 5.92 Å². The van der Waals surface area contributed by atoms with E-state index in [1.807, 2.05) is 30.3 Å². The van der Waals surface area contributed by atoms with Gasteiger partial charge < -0.3 is 10.1 Å². The van der Waals surface area contributed by atoms with Crippen molar-refractivity contribution in [1.29, 1.82) is 0 Å². The summed E-state index contributed by atoms with van der Waals surface area (Å²) in [7, 11) is 1.44. The normalized spacial score (nSPS) is 15.3. The molecular weight excluding hydrogens is 262 g/mol. The summed E-state index contributed by atoms with van der Waals surface area (Å²) in [6.45, 7) is 0. The van der Waals surface area contributed by atoms with E-state index < -0.39 is 0 Å². The maximum absolute atomic E-state index is 11.8. The fraction of sp³-hybridized carbons (Fsp3) is 0.278. The second-order valence-corrected chi connectivity index (χ2v) is 5.43. The molecule has 1 aliphatic carbocycles. The van der Waals surface area contributed by atoms with Crippen molar-refractivity contribution in [2.75, 3.05) is 12.4 Å². The molecule has 1 N–H and O–H groups in total. The van der Waals surface area contributed by atoms with Crippen molar-refractivity contribution in [2.24, 2.45) is 5.92 Å². The predicted octanol–water partition coefficient (Wildman–Crippen LogP) is 3.72. The predicted molar refractivity (Wildman–Crippen MR) is 84.0 cm³/mol. The van der Waals surface area contributed by atoms with Gasteiger partial charge in [-0.1, -0.05) is 42.5 Å². The highest BCUT2D eigenvalue weighted by Gasteiger charge is 2.36. The van der Waals surface area contributed by atoms with Crippen LogP contribution < -0.4 is 5.32 Å². The SMILES string of the molecule is COC(=O)C(Nc1ccc(-c2ccccc2)cc1)C1CC1. The van der Waals surface area contributed by atoms with Crippen molar-refractivity contribution in [3.63, 3.8) is 0 Å². The molecule has 0 aliphatic heterocycles. The lowest BCUT2D eigenvalue weighted by Crippen LogP contribution is -2.32. The van der Waals surface area contributed by atoms with Gasteiger partial charge in [0.05, 0.1) is 7.11 Å². The van der Waals surface area contributed by atoms with Gasteiger partial charge in [0.2, 0.25) is 0 Å². The van der Waals surface area contributed by atoms with Gasteiger partial charge in [0.25, 0.3) is 0 Å². The molecule has 1 atom stereocenters. The van der Waals surface area contributed by atoms with Gasteiger partial charge in [-0.15, -0.1) is 0 Å². The molecule has 2 aromatic carbocycles. The van der Waals surface area contributed by atoms with Crippen molar-refractivity contribution >= 4 is 11.7 Å². The van der Waals surface area contributed by atoms with Crippen LogP contribution in [0.5, 0.6) is 0 Å². The molecule has 3 rings (SSSR count). The number of anilines is 1. The summed E-state index contributed by atoms with van der Waals surface area (Å²) in [4.78, 5) is 11.8. The molecule has 0 bridgehead atoms. The third-order valence-corrected chi connectivity index (χ3v) is 3.86. The molecule has 0 saturated heterocycles. The van der Waals surface area contributed by atoms with Crippen LogP contribution in [-0.4, -0.2) is 19.1 Å². The Labute approximate surface area is 124 Å². The first-order valence-electron chi connectivity index (χ1n) is 7.28. The molecule has 1 aliphatic rings. The Bertz CT molecular complexity index is 603. The Kier molecular flexibility index (Phi) is 3.91. The van der Waals surface area contributed by atoms with Gasteiger partial charge in [-0.3, -0.25) is 0 Å². The number of benzene rings is 2. The van der Waals surface area contributed by atoms with E-state index in [4.69, 9.17) is 4.74 Å². The Morgan fingerprint density at radius 2 is 1.67 bits per heavy atom. The first kappa shape index (κ1) is 13.7. The maximum Gasteiger partial charge on any atom is 0.328 e. The van der Waals surface area contributed by atoms with E-state index >= 15 is 0 Å². The van der Waals surface area contributed by atoms with E-state index in [1.54, 1.807) is 0 Å². The number of esters is 1. The van der Waals surface area contributed by atoms with Crippen molar-refractivity contribution in [1.82, 2.24) is 0 Å². The number of carbonyl (C=O) groups is 1. The number of hydrogen-bond acceptors (Lipinski definition) is 3. The van der Waals surface area contributed by atoms with Crippen molar-refractivity contribution in [2.45, 2.75) is 18.9 Å². The van der Waals surface area contributed by atoms with E-state index in [2.05, 4.69) is 29.6 Å². The van der Waals surface area contributed by atoms with Crippen LogP contribution in [0.2, 0.25) is 0 Å². The fourth-order valence-electron chi connectivity index (χ4n) is 2.49. The summed E-state index contributed by atoms with van der Waals surface area (Å²) in [5.74, 6) is 0.232. The summed E-state index contributed by atoms with van der Waals surface area (Å²) >= 11 is 0. The fourth-order valence-corrected chi connectivity index (χ4v) is 2.49. The quantitative estimate of drug-likeness (QED) is 0.849. The number of ether oxygens (including phenoxy) is 1. The molecule has 3 heteroatoms. The highest BCUT2D eigenvalue weighted by molar-refractivity contribution is 5.80. The van der Waals surface area contributed by atoms with Crippen LogP contribution in [-0.2, 0) is 9.53 Å². The zero-order valence-corrected chi connectivity index (χ0v) is 12.1. The maximum atomic E-state index is 11.8. The molecule has 3 nitrogen and oxygen atoms in total. The zero-order chi connectivity index (χ0) is 14.7. The number of methoxy groups -OCH3 is 1. The van der Waals surface area contributed by atoms with Crippen LogP contribution in [0.4, 0.5) is 5.69 Å². The van der Waals surface area contributed by atoms with Crippen LogP contribution in [0, 0.1) is 5.92 Å². The van der Waals surface area contributed by atoms with Gasteiger partial charge in [-0.25, -0.2) is 4.79 Å². The van der Waals surface area contributed by atoms with Crippen molar-refractivity contribution < 1.29 is 9.53 Å². The largest absolute Gasteiger partial charge is 0.467 e. The number of carbonyl (C=O) groups excluding carboxylic acids is 1. The molecule has 0 heterocycles. The standard InChI is InChI=1S/C18H19NO2/c1-21-18(20)17(15-7-8-15)19-16-11-9-14(10-12-16)13-5-3-2-4-6-13/h2-6,9-12,15,17,19H,7-8H2,1H3. The van der Waals surface area contributed by atoms with Crippen LogP contribution in [0.3, 0.4) is 0 Å². The molecule has 21 heavy (non-hydrogen) atoms.